The number of rotatable bonds is 5. The molecule has 0 amide bonds. The molecule has 0 radical (unpaired) electrons. The minimum absolute atomic E-state index is 0.0510. The van der Waals surface area contributed by atoms with Gasteiger partial charge in [-0.15, -0.1) is 5.10 Å². The molecule has 5 nitrogen and oxygen atoms in total. The molecule has 0 N–H and O–H groups in total. The van der Waals surface area contributed by atoms with Gasteiger partial charge in [0.2, 0.25) is 0 Å². The Hall–Kier alpha value is -1.44. The SMILES string of the molecule is COCCC(C)n1nnc(C=O)c1C(F)(F)F. The van der Waals surface area contributed by atoms with E-state index in [0.29, 0.717) is 17.7 Å². The molecule has 8 heteroatoms. The molecule has 1 aromatic heterocycles. The van der Waals surface area contributed by atoms with E-state index in [2.05, 4.69) is 10.3 Å². The number of hydrogen-bond donors (Lipinski definition) is 0. The summed E-state index contributed by atoms with van der Waals surface area (Å²) in [7, 11) is 1.45. The van der Waals surface area contributed by atoms with Gasteiger partial charge in [0.1, 0.15) is 0 Å². The van der Waals surface area contributed by atoms with Crippen molar-refractivity contribution in [3.8, 4) is 0 Å². The summed E-state index contributed by atoms with van der Waals surface area (Å²) in [5, 5.41) is 6.58. The molecule has 0 spiro atoms. The van der Waals surface area contributed by atoms with Crippen LogP contribution in [0.25, 0.3) is 0 Å². The van der Waals surface area contributed by atoms with E-state index in [-0.39, 0.29) is 6.29 Å². The summed E-state index contributed by atoms with van der Waals surface area (Å²) in [6.45, 7) is 1.85. The van der Waals surface area contributed by atoms with Crippen LogP contribution in [0.2, 0.25) is 0 Å². The third kappa shape index (κ3) is 3.02. The molecule has 0 bridgehead atoms. The second-order valence-corrected chi connectivity index (χ2v) is 3.51. The standard InChI is InChI=1S/C9H12F3N3O2/c1-6(3-4-17-2)15-8(9(10,11)12)7(5-16)13-14-15/h5-6H,3-4H2,1-2H3. The Morgan fingerprint density at radius 3 is 2.65 bits per heavy atom. The predicted molar refractivity (Wildman–Crippen MR) is 51.6 cm³/mol. The number of aromatic nitrogens is 3. The normalized spacial score (nSPS) is 13.7. The first-order chi connectivity index (χ1) is 7.91. The quantitative estimate of drug-likeness (QED) is 0.747. The number of alkyl halides is 3. The van der Waals surface area contributed by atoms with Crippen LogP contribution in [0, 0.1) is 0 Å². The lowest BCUT2D eigenvalue weighted by Gasteiger charge is -2.15. The lowest BCUT2D eigenvalue weighted by molar-refractivity contribution is -0.145. The molecule has 1 rings (SSSR count). The molecule has 0 aliphatic carbocycles. The lowest BCUT2D eigenvalue weighted by Crippen LogP contribution is -2.20. The Morgan fingerprint density at radius 1 is 1.53 bits per heavy atom. The van der Waals surface area contributed by atoms with E-state index < -0.39 is 23.6 Å². The van der Waals surface area contributed by atoms with Crippen molar-refractivity contribution in [2.45, 2.75) is 25.6 Å². The van der Waals surface area contributed by atoms with Gasteiger partial charge in [0.05, 0.1) is 6.04 Å². The van der Waals surface area contributed by atoms with E-state index in [1.807, 2.05) is 0 Å². The summed E-state index contributed by atoms with van der Waals surface area (Å²) < 4.78 is 43.7. The van der Waals surface area contributed by atoms with Gasteiger partial charge in [0, 0.05) is 13.7 Å². The zero-order valence-corrected chi connectivity index (χ0v) is 9.36. The third-order valence-corrected chi connectivity index (χ3v) is 2.26. The zero-order valence-electron chi connectivity index (χ0n) is 9.36. The highest BCUT2D eigenvalue weighted by Gasteiger charge is 2.40. The Morgan fingerprint density at radius 2 is 2.18 bits per heavy atom. The van der Waals surface area contributed by atoms with Crippen LogP contribution >= 0.6 is 0 Å². The molecule has 1 aromatic rings. The molecule has 17 heavy (non-hydrogen) atoms. The Kier molecular flexibility index (Phi) is 4.22. The number of hydrogen-bond acceptors (Lipinski definition) is 4. The highest BCUT2D eigenvalue weighted by Crippen LogP contribution is 2.32. The molecule has 0 aromatic carbocycles. The smallest absolute Gasteiger partial charge is 0.385 e. The van der Waals surface area contributed by atoms with E-state index >= 15 is 0 Å². The van der Waals surface area contributed by atoms with Crippen molar-refractivity contribution in [1.29, 1.82) is 0 Å². The van der Waals surface area contributed by atoms with Gasteiger partial charge in [-0.25, -0.2) is 4.68 Å². The molecule has 96 valence electrons. The van der Waals surface area contributed by atoms with Gasteiger partial charge in [0.15, 0.2) is 17.7 Å². The highest BCUT2D eigenvalue weighted by atomic mass is 19.4. The number of aldehydes is 1. The molecule has 0 saturated carbocycles. The van der Waals surface area contributed by atoms with Crippen LogP contribution in [-0.2, 0) is 10.9 Å². The molecular weight excluding hydrogens is 239 g/mol. The van der Waals surface area contributed by atoms with Crippen molar-refractivity contribution in [2.75, 3.05) is 13.7 Å². The molecule has 0 aliphatic heterocycles. The second-order valence-electron chi connectivity index (χ2n) is 3.51. The summed E-state index contributed by atoms with van der Waals surface area (Å²) >= 11 is 0. The van der Waals surface area contributed by atoms with E-state index in [1.165, 1.54) is 7.11 Å². The number of carbonyl (C=O) groups is 1. The fourth-order valence-corrected chi connectivity index (χ4v) is 1.38. The lowest BCUT2D eigenvalue weighted by atomic mass is 10.2. The molecule has 0 saturated heterocycles. The highest BCUT2D eigenvalue weighted by molar-refractivity contribution is 5.73. The van der Waals surface area contributed by atoms with Gasteiger partial charge >= 0.3 is 6.18 Å². The summed E-state index contributed by atoms with van der Waals surface area (Å²) in [5.74, 6) is 0. The van der Waals surface area contributed by atoms with Gasteiger partial charge in [-0.1, -0.05) is 5.21 Å². The Bertz CT molecular complexity index is 389. The number of methoxy groups -OCH3 is 1. The number of carbonyl (C=O) groups excluding carboxylic acids is 1. The average Bonchev–Trinajstić information content (AvgIpc) is 2.69. The van der Waals surface area contributed by atoms with Crippen molar-refractivity contribution in [3.63, 3.8) is 0 Å². The van der Waals surface area contributed by atoms with Crippen LogP contribution in [0.4, 0.5) is 13.2 Å². The van der Waals surface area contributed by atoms with Gasteiger partial charge < -0.3 is 4.74 Å². The minimum Gasteiger partial charge on any atom is -0.385 e. The van der Waals surface area contributed by atoms with Crippen LogP contribution in [0.1, 0.15) is 35.6 Å². The number of nitrogens with zero attached hydrogens (tertiary/aromatic N) is 3. The van der Waals surface area contributed by atoms with Crippen LogP contribution in [0.5, 0.6) is 0 Å². The summed E-state index contributed by atoms with van der Waals surface area (Å²) in [4.78, 5) is 10.5. The minimum atomic E-state index is -4.65. The Labute approximate surface area is 95.6 Å². The fraction of sp³-hybridized carbons (Fsp3) is 0.667. The maximum atomic E-state index is 12.7. The fourth-order valence-electron chi connectivity index (χ4n) is 1.38. The molecule has 0 aliphatic rings. The number of halogens is 3. The van der Waals surface area contributed by atoms with Gasteiger partial charge in [-0.2, -0.15) is 13.2 Å². The summed E-state index contributed by atoms with van der Waals surface area (Å²) in [6.07, 6.45) is -4.25. The van der Waals surface area contributed by atoms with Crippen LogP contribution in [0.15, 0.2) is 0 Å². The van der Waals surface area contributed by atoms with Crippen molar-refractivity contribution in [2.24, 2.45) is 0 Å². The zero-order chi connectivity index (χ0) is 13.1. The topological polar surface area (TPSA) is 57.0 Å². The molecule has 1 unspecified atom stereocenters. The van der Waals surface area contributed by atoms with Gasteiger partial charge in [-0.3, -0.25) is 4.79 Å². The monoisotopic (exact) mass is 251 g/mol. The average molecular weight is 251 g/mol. The van der Waals surface area contributed by atoms with E-state index in [1.54, 1.807) is 6.92 Å². The van der Waals surface area contributed by atoms with E-state index in [0.717, 1.165) is 0 Å². The third-order valence-electron chi connectivity index (χ3n) is 2.26. The molecule has 1 heterocycles. The molecule has 0 fully saturated rings. The second kappa shape index (κ2) is 5.26. The maximum absolute atomic E-state index is 12.7. The molecule has 1 atom stereocenters. The van der Waals surface area contributed by atoms with Gasteiger partial charge in [0.25, 0.3) is 0 Å². The van der Waals surface area contributed by atoms with Crippen molar-refractivity contribution < 1.29 is 22.7 Å². The van der Waals surface area contributed by atoms with Crippen molar-refractivity contribution in [3.05, 3.63) is 11.4 Å². The van der Waals surface area contributed by atoms with Crippen LogP contribution < -0.4 is 0 Å². The van der Waals surface area contributed by atoms with Gasteiger partial charge in [-0.05, 0) is 13.3 Å². The first-order valence-electron chi connectivity index (χ1n) is 4.88. The van der Waals surface area contributed by atoms with E-state index in [4.69, 9.17) is 4.74 Å². The predicted octanol–water partition coefficient (Wildman–Crippen LogP) is 1.71. The van der Waals surface area contributed by atoms with Crippen LogP contribution in [0.3, 0.4) is 0 Å². The van der Waals surface area contributed by atoms with Crippen molar-refractivity contribution >= 4 is 6.29 Å². The summed E-state index contributed by atoms with van der Waals surface area (Å²) in [5.41, 5.74) is -1.81. The largest absolute Gasteiger partial charge is 0.435 e. The number of ether oxygens (including phenoxy) is 1. The first-order valence-corrected chi connectivity index (χ1v) is 4.88. The maximum Gasteiger partial charge on any atom is 0.435 e. The molecular formula is C9H12F3N3O2. The van der Waals surface area contributed by atoms with Crippen LogP contribution in [-0.4, -0.2) is 35.0 Å². The first kappa shape index (κ1) is 13.6. The van der Waals surface area contributed by atoms with E-state index in [9.17, 15) is 18.0 Å². The van der Waals surface area contributed by atoms with Crippen molar-refractivity contribution in [1.82, 2.24) is 15.0 Å². The summed E-state index contributed by atoms with van der Waals surface area (Å²) in [6, 6.07) is -0.548. The Balaban J connectivity index is 3.07.